The number of rotatable bonds is 5. The number of oxazole rings is 1. The van der Waals surface area contributed by atoms with Crippen LogP contribution >= 0.6 is 0 Å². The fourth-order valence-electron chi connectivity index (χ4n) is 2.66. The van der Waals surface area contributed by atoms with Crippen LogP contribution in [0.4, 0.5) is 5.69 Å². The Morgan fingerprint density at radius 3 is 2.82 bits per heavy atom. The monoisotopic (exact) mass is 380 g/mol. The average molecular weight is 380 g/mol. The van der Waals surface area contributed by atoms with Crippen LogP contribution in [0.2, 0.25) is 0 Å². The van der Waals surface area contributed by atoms with E-state index in [0.717, 1.165) is 11.3 Å². The van der Waals surface area contributed by atoms with Crippen molar-refractivity contribution in [1.29, 1.82) is 0 Å². The predicted molar refractivity (Wildman–Crippen MR) is 98.2 cm³/mol. The van der Waals surface area contributed by atoms with Crippen molar-refractivity contribution in [2.75, 3.05) is 19.0 Å². The number of hydrogen-bond donors (Lipinski definition) is 1. The van der Waals surface area contributed by atoms with E-state index in [4.69, 9.17) is 18.6 Å². The number of esters is 1. The van der Waals surface area contributed by atoms with Crippen molar-refractivity contribution in [2.45, 2.75) is 6.61 Å². The summed E-state index contributed by atoms with van der Waals surface area (Å²) in [6.45, 7) is -0.119. The van der Waals surface area contributed by atoms with Crippen LogP contribution in [-0.4, -0.2) is 30.6 Å². The van der Waals surface area contributed by atoms with E-state index in [1.165, 1.54) is 12.3 Å². The molecule has 8 nitrogen and oxygen atoms in total. The minimum atomic E-state index is -0.530. The van der Waals surface area contributed by atoms with Crippen LogP contribution in [0, 0.1) is 0 Å². The minimum absolute atomic E-state index is 0.0346. The summed E-state index contributed by atoms with van der Waals surface area (Å²) in [7, 11) is 1.59. The van der Waals surface area contributed by atoms with Crippen LogP contribution in [0.5, 0.6) is 11.5 Å². The Morgan fingerprint density at radius 1 is 1.21 bits per heavy atom. The van der Waals surface area contributed by atoms with Gasteiger partial charge in [0.15, 0.2) is 6.61 Å². The van der Waals surface area contributed by atoms with Crippen LogP contribution in [0.1, 0.15) is 16.1 Å². The maximum Gasteiger partial charge on any atom is 0.338 e. The lowest BCUT2D eigenvalue weighted by molar-refractivity contribution is -0.118. The van der Waals surface area contributed by atoms with Crippen LogP contribution in [0.15, 0.2) is 53.1 Å². The number of carbonyl (C=O) groups is 2. The summed E-state index contributed by atoms with van der Waals surface area (Å²) < 4.78 is 21.2. The number of hydrogen-bond acceptors (Lipinski definition) is 7. The molecule has 0 fully saturated rings. The van der Waals surface area contributed by atoms with Gasteiger partial charge in [0.05, 0.1) is 18.4 Å². The Kier molecular flexibility index (Phi) is 4.67. The highest BCUT2D eigenvalue weighted by Gasteiger charge is 2.19. The molecule has 0 bridgehead atoms. The van der Waals surface area contributed by atoms with Gasteiger partial charge in [-0.05, 0) is 42.5 Å². The third kappa shape index (κ3) is 3.66. The molecule has 0 unspecified atom stereocenters. The number of ether oxygens (including phenoxy) is 3. The van der Waals surface area contributed by atoms with Gasteiger partial charge in [0, 0.05) is 5.56 Å². The maximum absolute atomic E-state index is 12.3. The number of methoxy groups -OCH3 is 1. The predicted octanol–water partition coefficient (Wildman–Crippen LogP) is 3.04. The number of nitrogens with zero attached hydrogens (tertiary/aromatic N) is 1. The van der Waals surface area contributed by atoms with Crippen molar-refractivity contribution < 1.29 is 28.2 Å². The molecule has 1 N–H and O–H groups in total. The van der Waals surface area contributed by atoms with E-state index in [2.05, 4.69) is 10.3 Å². The van der Waals surface area contributed by atoms with Gasteiger partial charge in [0.25, 0.3) is 5.91 Å². The number of nitrogens with one attached hydrogen (secondary N) is 1. The van der Waals surface area contributed by atoms with Gasteiger partial charge in [0.2, 0.25) is 5.89 Å². The number of anilines is 1. The summed E-state index contributed by atoms with van der Waals surface area (Å²) >= 11 is 0. The molecule has 0 saturated carbocycles. The first-order chi connectivity index (χ1) is 13.6. The van der Waals surface area contributed by atoms with Crippen molar-refractivity contribution in [3.8, 4) is 23.0 Å². The van der Waals surface area contributed by atoms with Gasteiger partial charge >= 0.3 is 5.97 Å². The number of amides is 1. The number of aromatic nitrogens is 1. The molecule has 142 valence electrons. The molecular weight excluding hydrogens is 364 g/mol. The van der Waals surface area contributed by atoms with Crippen molar-refractivity contribution in [3.63, 3.8) is 0 Å². The molecule has 28 heavy (non-hydrogen) atoms. The highest BCUT2D eigenvalue weighted by Crippen LogP contribution is 2.29. The van der Waals surface area contributed by atoms with Crippen molar-refractivity contribution in [1.82, 2.24) is 4.98 Å². The highest BCUT2D eigenvalue weighted by molar-refractivity contribution is 5.97. The van der Waals surface area contributed by atoms with Crippen LogP contribution < -0.4 is 14.8 Å². The van der Waals surface area contributed by atoms with E-state index in [1.54, 1.807) is 31.4 Å². The SMILES string of the molecule is COc1ccc(-c2nc(COC(=O)c3ccc4c(c3)OCC(=O)N4)co2)cc1. The van der Waals surface area contributed by atoms with E-state index in [-0.39, 0.29) is 19.1 Å². The Hall–Kier alpha value is -3.81. The number of benzene rings is 2. The maximum atomic E-state index is 12.3. The molecule has 2 heterocycles. The fourth-order valence-corrected chi connectivity index (χ4v) is 2.66. The molecule has 1 amide bonds. The second-order valence-corrected chi connectivity index (χ2v) is 6.00. The molecule has 1 aliphatic rings. The lowest BCUT2D eigenvalue weighted by atomic mass is 10.1. The van der Waals surface area contributed by atoms with Gasteiger partial charge in [-0.25, -0.2) is 9.78 Å². The second kappa shape index (κ2) is 7.43. The third-order valence-electron chi connectivity index (χ3n) is 4.09. The highest BCUT2D eigenvalue weighted by atomic mass is 16.5. The van der Waals surface area contributed by atoms with E-state index in [0.29, 0.717) is 28.6 Å². The van der Waals surface area contributed by atoms with Gasteiger partial charge in [-0.2, -0.15) is 0 Å². The molecule has 0 aliphatic carbocycles. The molecular formula is C20H16N2O6. The molecule has 0 radical (unpaired) electrons. The van der Waals surface area contributed by atoms with Crippen LogP contribution in [-0.2, 0) is 16.1 Å². The molecule has 1 aromatic heterocycles. The summed E-state index contributed by atoms with van der Waals surface area (Å²) in [5, 5.41) is 2.66. The molecule has 0 spiro atoms. The van der Waals surface area contributed by atoms with Gasteiger partial charge < -0.3 is 23.9 Å². The summed E-state index contributed by atoms with van der Waals surface area (Å²) in [4.78, 5) is 27.9. The van der Waals surface area contributed by atoms with E-state index in [1.807, 2.05) is 12.1 Å². The normalized spacial score (nSPS) is 12.5. The van der Waals surface area contributed by atoms with E-state index < -0.39 is 5.97 Å². The summed E-state index contributed by atoms with van der Waals surface area (Å²) in [6, 6.07) is 11.9. The molecule has 0 saturated heterocycles. The van der Waals surface area contributed by atoms with Crippen LogP contribution in [0.3, 0.4) is 0 Å². The summed E-state index contributed by atoms with van der Waals surface area (Å²) in [5.41, 5.74) is 2.11. The first kappa shape index (κ1) is 17.6. The Bertz CT molecular complexity index is 1030. The first-order valence-electron chi connectivity index (χ1n) is 8.45. The van der Waals surface area contributed by atoms with Gasteiger partial charge in [-0.3, -0.25) is 4.79 Å². The van der Waals surface area contributed by atoms with Gasteiger partial charge in [-0.1, -0.05) is 0 Å². The lowest BCUT2D eigenvalue weighted by Crippen LogP contribution is -2.25. The smallest absolute Gasteiger partial charge is 0.338 e. The Morgan fingerprint density at radius 2 is 2.04 bits per heavy atom. The second-order valence-electron chi connectivity index (χ2n) is 6.00. The number of carbonyl (C=O) groups excluding carboxylic acids is 2. The Labute approximate surface area is 160 Å². The Balaban J connectivity index is 1.40. The minimum Gasteiger partial charge on any atom is -0.497 e. The molecule has 2 aromatic carbocycles. The average Bonchev–Trinajstić information content (AvgIpc) is 3.20. The first-order valence-corrected chi connectivity index (χ1v) is 8.45. The van der Waals surface area contributed by atoms with Crippen molar-refractivity contribution in [3.05, 3.63) is 60.0 Å². The standard InChI is InChI=1S/C20H16N2O6/c1-25-15-5-2-12(3-6-15)19-21-14(9-27-19)10-28-20(24)13-4-7-16-17(8-13)26-11-18(23)22-16/h2-9H,10-11H2,1H3,(H,22,23). The fraction of sp³-hybridized carbons (Fsp3) is 0.150. The van der Waals surface area contributed by atoms with Crippen LogP contribution in [0.25, 0.3) is 11.5 Å². The molecule has 0 atom stereocenters. The molecule has 1 aliphatic heterocycles. The van der Waals surface area contributed by atoms with E-state index >= 15 is 0 Å². The zero-order valence-corrected chi connectivity index (χ0v) is 14.9. The van der Waals surface area contributed by atoms with E-state index in [9.17, 15) is 9.59 Å². The molecule has 4 rings (SSSR count). The lowest BCUT2D eigenvalue weighted by Gasteiger charge is -2.18. The van der Waals surface area contributed by atoms with Crippen molar-refractivity contribution >= 4 is 17.6 Å². The topological polar surface area (TPSA) is 99.9 Å². The quantitative estimate of drug-likeness (QED) is 0.679. The number of fused-ring (bicyclic) bond motifs is 1. The van der Waals surface area contributed by atoms with Gasteiger partial charge in [0.1, 0.15) is 30.1 Å². The third-order valence-corrected chi connectivity index (χ3v) is 4.09. The summed E-state index contributed by atoms with van der Waals surface area (Å²) in [5.74, 6) is 0.820. The zero-order valence-electron chi connectivity index (χ0n) is 14.9. The largest absolute Gasteiger partial charge is 0.497 e. The zero-order chi connectivity index (χ0) is 19.5. The molecule has 8 heteroatoms. The van der Waals surface area contributed by atoms with Crippen molar-refractivity contribution in [2.24, 2.45) is 0 Å². The summed E-state index contributed by atoms with van der Waals surface area (Å²) in [6.07, 6.45) is 1.44. The van der Waals surface area contributed by atoms with Gasteiger partial charge in [-0.15, -0.1) is 0 Å². The molecule has 3 aromatic rings.